The van der Waals surface area contributed by atoms with Gasteiger partial charge in [0.15, 0.2) is 0 Å². The molecule has 1 N–H and O–H groups in total. The maximum Gasteiger partial charge on any atom is 0.0587 e. The Kier molecular flexibility index (Phi) is 6.91. The number of fused-ring (bicyclic) bond motifs is 1. The van der Waals surface area contributed by atoms with E-state index in [0.717, 1.165) is 30.9 Å². The van der Waals surface area contributed by atoms with Gasteiger partial charge in [0.25, 0.3) is 0 Å². The molecule has 0 saturated heterocycles. The van der Waals surface area contributed by atoms with Gasteiger partial charge in [0.05, 0.1) is 6.61 Å². The standard InChI is InChI=1S/C17H27NOS/c1-3-6-14(13-18-9-10-19-2)11-16-12-15-7-4-5-8-17(15)20-16/h4-5,7-8,14,16,18H,3,6,9-13H2,1-2H3. The Morgan fingerprint density at radius 3 is 3.00 bits per heavy atom. The largest absolute Gasteiger partial charge is 0.383 e. The van der Waals surface area contributed by atoms with Crippen LogP contribution in [0.4, 0.5) is 0 Å². The lowest BCUT2D eigenvalue weighted by Crippen LogP contribution is -2.28. The first-order valence-corrected chi connectivity index (χ1v) is 8.65. The zero-order valence-electron chi connectivity index (χ0n) is 12.7. The van der Waals surface area contributed by atoms with E-state index < -0.39 is 0 Å². The van der Waals surface area contributed by atoms with Crippen LogP contribution in [0.2, 0.25) is 0 Å². The fourth-order valence-corrected chi connectivity index (χ4v) is 4.40. The molecule has 0 saturated carbocycles. The summed E-state index contributed by atoms with van der Waals surface area (Å²) in [5, 5.41) is 4.30. The minimum Gasteiger partial charge on any atom is -0.383 e. The average molecular weight is 293 g/mol. The van der Waals surface area contributed by atoms with Crippen LogP contribution in [0.3, 0.4) is 0 Å². The smallest absolute Gasteiger partial charge is 0.0587 e. The van der Waals surface area contributed by atoms with E-state index in [2.05, 4.69) is 48.3 Å². The van der Waals surface area contributed by atoms with Crippen LogP contribution in [0.1, 0.15) is 31.7 Å². The summed E-state index contributed by atoms with van der Waals surface area (Å²) in [6.45, 7) is 5.19. The fourth-order valence-electron chi connectivity index (χ4n) is 2.95. The molecule has 20 heavy (non-hydrogen) atoms. The first-order chi connectivity index (χ1) is 9.83. The van der Waals surface area contributed by atoms with Gasteiger partial charge >= 0.3 is 0 Å². The van der Waals surface area contributed by atoms with Gasteiger partial charge in [-0.2, -0.15) is 0 Å². The van der Waals surface area contributed by atoms with Gasteiger partial charge in [-0.3, -0.25) is 0 Å². The molecule has 112 valence electrons. The number of benzene rings is 1. The van der Waals surface area contributed by atoms with Gasteiger partial charge in [0, 0.05) is 23.8 Å². The van der Waals surface area contributed by atoms with Crippen molar-refractivity contribution in [1.29, 1.82) is 0 Å². The van der Waals surface area contributed by atoms with Crippen LogP contribution in [0.15, 0.2) is 29.2 Å². The van der Waals surface area contributed by atoms with Crippen molar-refractivity contribution in [2.24, 2.45) is 5.92 Å². The first kappa shape index (κ1) is 15.9. The average Bonchev–Trinajstić information content (AvgIpc) is 2.86. The molecule has 0 fully saturated rings. The molecule has 1 heterocycles. The molecule has 1 aliphatic rings. The van der Waals surface area contributed by atoms with E-state index >= 15 is 0 Å². The van der Waals surface area contributed by atoms with E-state index in [1.807, 2.05) is 0 Å². The Morgan fingerprint density at radius 2 is 2.25 bits per heavy atom. The van der Waals surface area contributed by atoms with E-state index in [1.165, 1.54) is 30.6 Å². The van der Waals surface area contributed by atoms with Crippen LogP contribution in [-0.2, 0) is 11.2 Å². The summed E-state index contributed by atoms with van der Waals surface area (Å²) in [5.41, 5.74) is 1.55. The number of thioether (sulfide) groups is 1. The summed E-state index contributed by atoms with van der Waals surface area (Å²) in [6, 6.07) is 8.88. The molecule has 1 aromatic carbocycles. The minimum absolute atomic E-state index is 0.771. The van der Waals surface area contributed by atoms with Gasteiger partial charge in [-0.1, -0.05) is 31.5 Å². The Balaban J connectivity index is 1.77. The van der Waals surface area contributed by atoms with Crippen LogP contribution in [0.5, 0.6) is 0 Å². The lowest BCUT2D eigenvalue weighted by molar-refractivity contribution is 0.197. The Labute approximate surface area is 127 Å². The third-order valence-electron chi connectivity index (χ3n) is 3.92. The number of hydrogen-bond donors (Lipinski definition) is 1. The van der Waals surface area contributed by atoms with Crippen LogP contribution in [-0.4, -0.2) is 32.1 Å². The molecule has 0 bridgehead atoms. The van der Waals surface area contributed by atoms with Crippen molar-refractivity contribution in [3.05, 3.63) is 29.8 Å². The van der Waals surface area contributed by atoms with E-state index in [4.69, 9.17) is 4.74 Å². The quantitative estimate of drug-likeness (QED) is 0.701. The van der Waals surface area contributed by atoms with Gasteiger partial charge in [-0.15, -0.1) is 11.8 Å². The van der Waals surface area contributed by atoms with E-state index in [0.29, 0.717) is 0 Å². The Bertz CT molecular complexity index is 371. The van der Waals surface area contributed by atoms with Crippen molar-refractivity contribution in [1.82, 2.24) is 5.32 Å². The number of methoxy groups -OCH3 is 1. The highest BCUT2D eigenvalue weighted by Gasteiger charge is 2.24. The minimum atomic E-state index is 0.771. The molecule has 0 amide bonds. The van der Waals surface area contributed by atoms with E-state index in [-0.39, 0.29) is 0 Å². The van der Waals surface area contributed by atoms with Gasteiger partial charge in [-0.05, 0) is 43.4 Å². The number of hydrogen-bond acceptors (Lipinski definition) is 3. The topological polar surface area (TPSA) is 21.3 Å². The van der Waals surface area contributed by atoms with Gasteiger partial charge < -0.3 is 10.1 Å². The van der Waals surface area contributed by atoms with Gasteiger partial charge in [-0.25, -0.2) is 0 Å². The van der Waals surface area contributed by atoms with Gasteiger partial charge in [0.2, 0.25) is 0 Å². The molecule has 0 spiro atoms. The molecule has 1 aliphatic heterocycles. The predicted octanol–water partition coefficient (Wildman–Crippen LogP) is 3.75. The predicted molar refractivity (Wildman–Crippen MR) is 87.6 cm³/mol. The molecule has 2 rings (SSSR count). The summed E-state index contributed by atoms with van der Waals surface area (Å²) in [7, 11) is 1.76. The summed E-state index contributed by atoms with van der Waals surface area (Å²) in [4.78, 5) is 1.50. The number of nitrogens with one attached hydrogen (secondary N) is 1. The van der Waals surface area contributed by atoms with Crippen molar-refractivity contribution in [2.75, 3.05) is 26.8 Å². The molecule has 2 nitrogen and oxygen atoms in total. The van der Waals surface area contributed by atoms with Crippen molar-refractivity contribution in [2.45, 2.75) is 42.8 Å². The molecule has 3 heteroatoms. The maximum absolute atomic E-state index is 5.09. The van der Waals surface area contributed by atoms with Crippen molar-refractivity contribution < 1.29 is 4.74 Å². The summed E-state index contributed by atoms with van der Waals surface area (Å²) in [6.07, 6.45) is 5.18. The van der Waals surface area contributed by atoms with Crippen LogP contribution < -0.4 is 5.32 Å². The highest BCUT2D eigenvalue weighted by atomic mass is 32.2. The summed E-state index contributed by atoms with van der Waals surface area (Å²) < 4.78 is 5.09. The molecule has 0 radical (unpaired) electrons. The monoisotopic (exact) mass is 293 g/mol. The van der Waals surface area contributed by atoms with Crippen molar-refractivity contribution in [3.63, 3.8) is 0 Å². The zero-order valence-corrected chi connectivity index (χ0v) is 13.5. The lowest BCUT2D eigenvalue weighted by atomic mass is 9.95. The second-order valence-electron chi connectivity index (χ2n) is 5.64. The van der Waals surface area contributed by atoms with Crippen LogP contribution in [0.25, 0.3) is 0 Å². The maximum atomic E-state index is 5.09. The SMILES string of the molecule is CCCC(CNCCOC)CC1Cc2ccccc2S1. The van der Waals surface area contributed by atoms with Gasteiger partial charge in [0.1, 0.15) is 0 Å². The van der Waals surface area contributed by atoms with E-state index in [9.17, 15) is 0 Å². The van der Waals surface area contributed by atoms with Crippen molar-refractivity contribution in [3.8, 4) is 0 Å². The highest BCUT2D eigenvalue weighted by molar-refractivity contribution is 8.00. The first-order valence-electron chi connectivity index (χ1n) is 7.77. The molecule has 2 unspecified atom stereocenters. The molecule has 2 atom stereocenters. The summed E-state index contributed by atoms with van der Waals surface area (Å²) in [5.74, 6) is 0.795. The molecular weight excluding hydrogens is 266 g/mol. The fraction of sp³-hybridized carbons (Fsp3) is 0.647. The van der Waals surface area contributed by atoms with E-state index in [1.54, 1.807) is 12.7 Å². The third-order valence-corrected chi connectivity index (χ3v) is 5.27. The lowest BCUT2D eigenvalue weighted by Gasteiger charge is -2.20. The highest BCUT2D eigenvalue weighted by Crippen LogP contribution is 2.39. The Hall–Kier alpha value is -0.510. The number of ether oxygens (including phenoxy) is 1. The Morgan fingerprint density at radius 1 is 1.40 bits per heavy atom. The normalized spacial score (nSPS) is 19.0. The third kappa shape index (κ3) is 4.80. The number of rotatable bonds is 9. The molecule has 1 aromatic rings. The molecule has 0 aliphatic carbocycles. The second-order valence-corrected chi connectivity index (χ2v) is 6.98. The van der Waals surface area contributed by atoms with Crippen LogP contribution >= 0.6 is 11.8 Å². The molecule has 0 aromatic heterocycles. The summed E-state index contributed by atoms with van der Waals surface area (Å²) >= 11 is 2.08. The zero-order chi connectivity index (χ0) is 14.2. The van der Waals surface area contributed by atoms with Crippen LogP contribution in [0, 0.1) is 5.92 Å². The second kappa shape index (κ2) is 8.71. The van der Waals surface area contributed by atoms with Crippen molar-refractivity contribution >= 4 is 11.8 Å². The molecular formula is C17H27NOS.